The van der Waals surface area contributed by atoms with Crippen molar-refractivity contribution in [2.45, 2.75) is 6.61 Å². The third-order valence-corrected chi connectivity index (χ3v) is 4.46. The summed E-state index contributed by atoms with van der Waals surface area (Å²) in [5.74, 6) is 1.02. The molecule has 0 bridgehead atoms. The zero-order valence-corrected chi connectivity index (χ0v) is 16.1. The summed E-state index contributed by atoms with van der Waals surface area (Å²) in [6.45, 7) is 0.139. The van der Waals surface area contributed by atoms with E-state index in [0.717, 1.165) is 0 Å². The molecule has 0 atom stereocenters. The number of aromatic nitrogens is 1. The molecule has 0 fully saturated rings. The highest BCUT2D eigenvalue weighted by atomic mass is 35.5. The van der Waals surface area contributed by atoms with E-state index in [1.807, 2.05) is 12.1 Å². The van der Waals surface area contributed by atoms with E-state index in [1.165, 1.54) is 7.11 Å². The van der Waals surface area contributed by atoms with Crippen molar-refractivity contribution in [3.05, 3.63) is 74.5 Å². The van der Waals surface area contributed by atoms with Crippen LogP contribution in [-0.2, 0) is 6.61 Å². The fraction of sp³-hybridized carbons (Fsp3) is 0.0952. The van der Waals surface area contributed by atoms with Gasteiger partial charge < -0.3 is 20.2 Å². The van der Waals surface area contributed by atoms with Gasteiger partial charge in [0.2, 0.25) is 0 Å². The van der Waals surface area contributed by atoms with Crippen molar-refractivity contribution in [1.82, 2.24) is 4.98 Å². The molecule has 0 saturated carbocycles. The van der Waals surface area contributed by atoms with Gasteiger partial charge in [-0.15, -0.1) is 0 Å². The van der Waals surface area contributed by atoms with Gasteiger partial charge in [0, 0.05) is 16.1 Å². The average molecular weight is 407 g/mol. The summed E-state index contributed by atoms with van der Waals surface area (Å²) in [5.41, 5.74) is 6.25. The molecule has 0 amide bonds. The van der Waals surface area contributed by atoms with E-state index in [0.29, 0.717) is 27.6 Å². The molecule has 0 aliphatic heterocycles. The van der Waals surface area contributed by atoms with Crippen LogP contribution >= 0.6 is 11.6 Å². The van der Waals surface area contributed by atoms with Gasteiger partial charge in [-0.05, 0) is 35.9 Å². The molecule has 0 unspecified atom stereocenters. The molecule has 0 saturated heterocycles. The van der Waals surface area contributed by atoms with Crippen LogP contribution in [-0.4, -0.2) is 12.1 Å². The number of ether oxygens (including phenoxy) is 2. The predicted octanol–water partition coefficient (Wildman–Crippen LogP) is 3.61. The van der Waals surface area contributed by atoms with Crippen molar-refractivity contribution in [1.29, 1.82) is 10.5 Å². The maximum absolute atomic E-state index is 12.2. The minimum atomic E-state index is -0.661. The maximum Gasteiger partial charge on any atom is 0.268 e. The number of nitrogens with two attached hydrogens (primary N) is 1. The highest BCUT2D eigenvalue weighted by molar-refractivity contribution is 6.30. The van der Waals surface area contributed by atoms with Gasteiger partial charge in [0.1, 0.15) is 47.2 Å². The first kappa shape index (κ1) is 19.8. The van der Waals surface area contributed by atoms with Crippen LogP contribution in [0.1, 0.15) is 16.7 Å². The molecule has 7 nitrogen and oxygen atoms in total. The molecule has 0 aliphatic rings. The van der Waals surface area contributed by atoms with E-state index in [2.05, 4.69) is 4.98 Å². The smallest absolute Gasteiger partial charge is 0.268 e. The fourth-order valence-electron chi connectivity index (χ4n) is 2.90. The van der Waals surface area contributed by atoms with Crippen LogP contribution in [0.3, 0.4) is 0 Å². The molecule has 1 heterocycles. The average Bonchev–Trinajstić information content (AvgIpc) is 2.71. The Morgan fingerprint density at radius 2 is 1.90 bits per heavy atom. The molecule has 0 radical (unpaired) electrons. The molecule has 2 aromatic carbocycles. The molecule has 0 aliphatic carbocycles. The maximum atomic E-state index is 12.2. The quantitative estimate of drug-likeness (QED) is 0.666. The fourth-order valence-corrected chi connectivity index (χ4v) is 3.08. The lowest BCUT2D eigenvalue weighted by molar-refractivity contribution is 0.297. The van der Waals surface area contributed by atoms with Gasteiger partial charge >= 0.3 is 0 Å². The Morgan fingerprint density at radius 3 is 2.55 bits per heavy atom. The number of hydrogen-bond acceptors (Lipinski definition) is 6. The van der Waals surface area contributed by atoms with E-state index < -0.39 is 5.56 Å². The van der Waals surface area contributed by atoms with Crippen molar-refractivity contribution in [2.75, 3.05) is 12.8 Å². The summed E-state index contributed by atoms with van der Waals surface area (Å²) in [6.07, 6.45) is 0. The summed E-state index contributed by atoms with van der Waals surface area (Å²) >= 11 is 5.98. The number of methoxy groups -OCH3 is 1. The Bertz CT molecular complexity index is 1220. The zero-order chi connectivity index (χ0) is 21.0. The first-order valence-electron chi connectivity index (χ1n) is 8.40. The number of nitrogens with zero attached hydrogens (tertiary/aromatic N) is 2. The molecule has 3 N–H and O–H groups in total. The summed E-state index contributed by atoms with van der Waals surface area (Å²) < 4.78 is 11.2. The molecule has 3 aromatic rings. The third-order valence-electron chi connectivity index (χ3n) is 4.23. The Kier molecular flexibility index (Phi) is 5.73. The van der Waals surface area contributed by atoms with E-state index >= 15 is 0 Å². The Hall–Kier alpha value is -3.94. The minimum absolute atomic E-state index is 0.0213. The highest BCUT2D eigenvalue weighted by Gasteiger charge is 2.19. The van der Waals surface area contributed by atoms with Gasteiger partial charge in [-0.3, -0.25) is 4.79 Å². The lowest BCUT2D eigenvalue weighted by atomic mass is 9.95. The highest BCUT2D eigenvalue weighted by Crippen LogP contribution is 2.32. The van der Waals surface area contributed by atoms with Gasteiger partial charge in [0.15, 0.2) is 0 Å². The number of nitrogen functional groups attached to an aromatic ring is 1. The summed E-state index contributed by atoms with van der Waals surface area (Å²) in [7, 11) is 1.52. The molecule has 1 aromatic heterocycles. The Labute approximate surface area is 171 Å². The summed E-state index contributed by atoms with van der Waals surface area (Å²) in [6, 6.07) is 15.8. The standard InChI is InChI=1S/C21H15ClN4O3/c1-28-18-6-5-12(7-13(18)11-29-15-4-2-3-14(22)8-15)19-16(9-23)20(25)26-21(27)17(19)10-24/h2-8H,11H2,1H3,(H3,25,26,27). The molecular formula is C21H15ClN4O3. The van der Waals surface area contributed by atoms with Crippen LogP contribution in [0.25, 0.3) is 11.1 Å². The van der Waals surface area contributed by atoms with Gasteiger partial charge in [0.05, 0.1) is 7.11 Å². The normalized spacial score (nSPS) is 10.1. The molecule has 0 spiro atoms. The van der Waals surface area contributed by atoms with E-state index in [-0.39, 0.29) is 29.1 Å². The predicted molar refractivity (Wildman–Crippen MR) is 109 cm³/mol. The van der Waals surface area contributed by atoms with Crippen molar-refractivity contribution in [3.8, 4) is 34.8 Å². The van der Waals surface area contributed by atoms with Gasteiger partial charge in [-0.1, -0.05) is 23.7 Å². The van der Waals surface area contributed by atoms with Crippen LogP contribution in [0.5, 0.6) is 11.5 Å². The first-order chi connectivity index (χ1) is 14.0. The number of nitriles is 2. The molecule has 29 heavy (non-hydrogen) atoms. The van der Waals surface area contributed by atoms with E-state index in [4.69, 9.17) is 26.8 Å². The van der Waals surface area contributed by atoms with Gasteiger partial charge in [0.25, 0.3) is 5.56 Å². The van der Waals surface area contributed by atoms with Crippen LogP contribution < -0.4 is 20.8 Å². The molecule has 144 valence electrons. The number of aromatic amines is 1. The SMILES string of the molecule is COc1ccc(-c2c(C#N)c(N)[nH]c(=O)c2C#N)cc1COc1cccc(Cl)c1. The lowest BCUT2D eigenvalue weighted by Gasteiger charge is -2.14. The van der Waals surface area contributed by atoms with Crippen molar-refractivity contribution >= 4 is 17.4 Å². The van der Waals surface area contributed by atoms with Crippen molar-refractivity contribution in [3.63, 3.8) is 0 Å². The van der Waals surface area contributed by atoms with E-state index in [1.54, 1.807) is 42.5 Å². The monoisotopic (exact) mass is 406 g/mol. The van der Waals surface area contributed by atoms with Gasteiger partial charge in [-0.25, -0.2) is 0 Å². The topological polar surface area (TPSA) is 125 Å². The van der Waals surface area contributed by atoms with Crippen LogP contribution in [0.15, 0.2) is 47.3 Å². The zero-order valence-electron chi connectivity index (χ0n) is 15.3. The number of benzene rings is 2. The van der Waals surface area contributed by atoms with Crippen LogP contribution in [0, 0.1) is 22.7 Å². The largest absolute Gasteiger partial charge is 0.496 e. The van der Waals surface area contributed by atoms with Gasteiger partial charge in [-0.2, -0.15) is 10.5 Å². The molecule has 8 heteroatoms. The van der Waals surface area contributed by atoms with Crippen molar-refractivity contribution < 1.29 is 9.47 Å². The summed E-state index contributed by atoms with van der Waals surface area (Å²) in [5, 5.41) is 19.5. The van der Waals surface area contributed by atoms with Crippen molar-refractivity contribution in [2.24, 2.45) is 0 Å². The molecule has 3 rings (SSSR count). The summed E-state index contributed by atoms with van der Waals surface area (Å²) in [4.78, 5) is 14.5. The lowest BCUT2D eigenvalue weighted by Crippen LogP contribution is -2.16. The first-order valence-corrected chi connectivity index (χ1v) is 8.78. The number of hydrogen-bond donors (Lipinski definition) is 2. The second kappa shape index (κ2) is 8.39. The number of nitrogens with one attached hydrogen (secondary N) is 1. The number of anilines is 1. The van der Waals surface area contributed by atoms with Crippen LogP contribution in [0.4, 0.5) is 5.82 Å². The van der Waals surface area contributed by atoms with Crippen LogP contribution in [0.2, 0.25) is 5.02 Å². The van der Waals surface area contributed by atoms with E-state index in [9.17, 15) is 15.3 Å². The number of pyridine rings is 1. The Balaban J connectivity index is 2.10. The second-order valence-electron chi connectivity index (χ2n) is 5.99. The third kappa shape index (κ3) is 4.01. The minimum Gasteiger partial charge on any atom is -0.496 e. The second-order valence-corrected chi connectivity index (χ2v) is 6.43. The number of halogens is 1. The molecular weight excluding hydrogens is 392 g/mol. The number of H-pyrrole nitrogens is 1. The number of rotatable bonds is 5. The Morgan fingerprint density at radius 1 is 1.14 bits per heavy atom.